The first-order valence-electron chi connectivity index (χ1n) is 10.1. The average Bonchev–Trinajstić information content (AvgIpc) is 2.71. The molecule has 3 amide bonds. The predicted octanol–water partition coefficient (Wildman–Crippen LogP) is 2.81. The quantitative estimate of drug-likeness (QED) is 0.462. The summed E-state index contributed by atoms with van der Waals surface area (Å²) in [5, 5.41) is 3.02. The SMILES string of the molecule is CCCCCCNC(=O)C1CCCN(C(=O)c2ccccc2SCC(N)=O)C1. The Bertz CT molecular complexity index is 681. The zero-order chi connectivity index (χ0) is 20.4. The second kappa shape index (κ2) is 11.7. The Morgan fingerprint density at radius 1 is 1.21 bits per heavy atom. The first-order valence-corrected chi connectivity index (χ1v) is 11.1. The molecular weight excluding hydrogens is 374 g/mol. The number of hydrogen-bond acceptors (Lipinski definition) is 4. The highest BCUT2D eigenvalue weighted by atomic mass is 32.2. The van der Waals surface area contributed by atoms with Crippen LogP contribution in [0.15, 0.2) is 29.2 Å². The van der Waals surface area contributed by atoms with E-state index in [-0.39, 0.29) is 23.5 Å². The molecule has 0 saturated carbocycles. The summed E-state index contributed by atoms with van der Waals surface area (Å²) in [4.78, 5) is 39.1. The molecule has 1 saturated heterocycles. The van der Waals surface area contributed by atoms with E-state index in [1.165, 1.54) is 24.6 Å². The van der Waals surface area contributed by atoms with Gasteiger partial charge in [0.2, 0.25) is 11.8 Å². The van der Waals surface area contributed by atoms with Crippen LogP contribution in [0.4, 0.5) is 0 Å². The molecule has 1 aliphatic heterocycles. The molecule has 2 rings (SSSR count). The molecule has 1 atom stereocenters. The number of nitrogens with zero attached hydrogens (tertiary/aromatic N) is 1. The third-order valence-corrected chi connectivity index (χ3v) is 5.99. The predicted molar refractivity (Wildman–Crippen MR) is 112 cm³/mol. The van der Waals surface area contributed by atoms with Gasteiger partial charge in [-0.3, -0.25) is 14.4 Å². The van der Waals surface area contributed by atoms with Gasteiger partial charge in [-0.25, -0.2) is 0 Å². The number of nitrogens with one attached hydrogen (secondary N) is 1. The van der Waals surface area contributed by atoms with Crippen molar-refractivity contribution >= 4 is 29.5 Å². The maximum atomic E-state index is 13.0. The van der Waals surface area contributed by atoms with Crippen molar-refractivity contribution in [1.82, 2.24) is 10.2 Å². The van der Waals surface area contributed by atoms with E-state index in [0.29, 0.717) is 25.2 Å². The summed E-state index contributed by atoms with van der Waals surface area (Å²) >= 11 is 1.27. The number of carbonyl (C=O) groups excluding carboxylic acids is 3. The second-order valence-electron chi connectivity index (χ2n) is 7.19. The van der Waals surface area contributed by atoms with Crippen LogP contribution in [-0.2, 0) is 9.59 Å². The molecule has 1 fully saturated rings. The zero-order valence-corrected chi connectivity index (χ0v) is 17.4. The molecule has 0 radical (unpaired) electrons. The number of unbranched alkanes of at least 4 members (excludes halogenated alkanes) is 3. The van der Waals surface area contributed by atoms with E-state index in [0.717, 1.165) is 30.6 Å². The lowest BCUT2D eigenvalue weighted by Gasteiger charge is -2.32. The van der Waals surface area contributed by atoms with Crippen molar-refractivity contribution in [3.8, 4) is 0 Å². The highest BCUT2D eigenvalue weighted by Gasteiger charge is 2.29. The summed E-state index contributed by atoms with van der Waals surface area (Å²) in [7, 11) is 0. The minimum absolute atomic E-state index is 0.0467. The summed E-state index contributed by atoms with van der Waals surface area (Å²) in [6, 6.07) is 7.24. The molecule has 3 N–H and O–H groups in total. The number of hydrogen-bond donors (Lipinski definition) is 2. The van der Waals surface area contributed by atoms with Crippen molar-refractivity contribution in [2.75, 3.05) is 25.4 Å². The van der Waals surface area contributed by atoms with Gasteiger partial charge in [0, 0.05) is 24.5 Å². The van der Waals surface area contributed by atoms with Crippen molar-refractivity contribution in [1.29, 1.82) is 0 Å². The largest absolute Gasteiger partial charge is 0.369 e. The Labute approximate surface area is 171 Å². The summed E-state index contributed by atoms with van der Waals surface area (Å²) < 4.78 is 0. The zero-order valence-electron chi connectivity index (χ0n) is 16.6. The lowest BCUT2D eigenvalue weighted by molar-refractivity contribution is -0.126. The van der Waals surface area contributed by atoms with Gasteiger partial charge in [0.25, 0.3) is 5.91 Å². The Hall–Kier alpha value is -2.02. The van der Waals surface area contributed by atoms with Gasteiger partial charge in [-0.2, -0.15) is 0 Å². The summed E-state index contributed by atoms with van der Waals surface area (Å²) in [6.45, 7) is 3.95. The van der Waals surface area contributed by atoms with Crippen LogP contribution in [0.1, 0.15) is 55.8 Å². The van der Waals surface area contributed by atoms with E-state index in [1.54, 1.807) is 11.0 Å². The normalized spacial score (nSPS) is 16.6. The van der Waals surface area contributed by atoms with Crippen molar-refractivity contribution in [2.45, 2.75) is 50.3 Å². The fourth-order valence-electron chi connectivity index (χ4n) is 3.37. The molecule has 0 spiro atoms. The van der Waals surface area contributed by atoms with Gasteiger partial charge in [0.05, 0.1) is 17.2 Å². The van der Waals surface area contributed by atoms with Crippen LogP contribution in [0.2, 0.25) is 0 Å². The van der Waals surface area contributed by atoms with Gasteiger partial charge in [0.15, 0.2) is 0 Å². The van der Waals surface area contributed by atoms with Crippen molar-refractivity contribution in [3.05, 3.63) is 29.8 Å². The number of thioether (sulfide) groups is 1. The van der Waals surface area contributed by atoms with E-state index in [2.05, 4.69) is 12.2 Å². The van der Waals surface area contributed by atoms with Crippen LogP contribution >= 0.6 is 11.8 Å². The third kappa shape index (κ3) is 6.86. The van der Waals surface area contributed by atoms with Crippen LogP contribution in [0, 0.1) is 5.92 Å². The standard InChI is InChI=1S/C21H31N3O3S/c1-2-3-4-7-12-23-20(26)16-9-8-13-24(14-16)21(27)17-10-5-6-11-18(17)28-15-19(22)25/h5-6,10-11,16H,2-4,7-9,12-15H2,1H3,(H2,22,25)(H,23,26). The van der Waals surface area contributed by atoms with Gasteiger partial charge >= 0.3 is 0 Å². The van der Waals surface area contributed by atoms with E-state index < -0.39 is 5.91 Å². The Kier molecular flexibility index (Phi) is 9.34. The van der Waals surface area contributed by atoms with Crippen LogP contribution in [0.25, 0.3) is 0 Å². The summed E-state index contributed by atoms with van der Waals surface area (Å²) in [6.07, 6.45) is 6.12. The van der Waals surface area contributed by atoms with E-state index in [9.17, 15) is 14.4 Å². The van der Waals surface area contributed by atoms with E-state index in [4.69, 9.17) is 5.73 Å². The molecule has 1 unspecified atom stereocenters. The molecule has 0 aromatic heterocycles. The fraction of sp³-hybridized carbons (Fsp3) is 0.571. The third-order valence-electron chi connectivity index (χ3n) is 4.90. The molecule has 154 valence electrons. The number of piperidine rings is 1. The topological polar surface area (TPSA) is 92.5 Å². The van der Waals surface area contributed by atoms with Crippen LogP contribution in [0.5, 0.6) is 0 Å². The lowest BCUT2D eigenvalue weighted by Crippen LogP contribution is -2.45. The van der Waals surface area contributed by atoms with Gasteiger partial charge in [0.1, 0.15) is 0 Å². The number of primary amides is 1. The number of benzene rings is 1. The van der Waals surface area contributed by atoms with Gasteiger partial charge in [-0.15, -0.1) is 11.8 Å². The molecule has 28 heavy (non-hydrogen) atoms. The maximum Gasteiger partial charge on any atom is 0.255 e. The fourth-order valence-corrected chi connectivity index (χ4v) is 4.16. The van der Waals surface area contributed by atoms with Crippen LogP contribution < -0.4 is 11.1 Å². The molecule has 0 bridgehead atoms. The maximum absolute atomic E-state index is 13.0. The molecule has 1 aromatic rings. The molecule has 1 aromatic carbocycles. The van der Waals surface area contributed by atoms with Crippen LogP contribution in [0.3, 0.4) is 0 Å². The highest BCUT2D eigenvalue weighted by Crippen LogP contribution is 2.26. The smallest absolute Gasteiger partial charge is 0.255 e. The van der Waals surface area contributed by atoms with Crippen LogP contribution in [-0.4, -0.2) is 48.0 Å². The van der Waals surface area contributed by atoms with E-state index >= 15 is 0 Å². The number of nitrogens with two attached hydrogens (primary N) is 1. The first-order chi connectivity index (χ1) is 13.5. The second-order valence-corrected chi connectivity index (χ2v) is 8.21. The molecule has 7 heteroatoms. The van der Waals surface area contributed by atoms with E-state index in [1.807, 2.05) is 18.2 Å². The number of rotatable bonds is 10. The highest BCUT2D eigenvalue weighted by molar-refractivity contribution is 8.00. The van der Waals surface area contributed by atoms with Gasteiger partial charge in [-0.05, 0) is 31.4 Å². The summed E-state index contributed by atoms with van der Waals surface area (Å²) in [5.74, 6) is -0.485. The first kappa shape index (κ1) is 22.3. The minimum Gasteiger partial charge on any atom is -0.369 e. The number of carbonyl (C=O) groups is 3. The minimum atomic E-state index is -0.416. The summed E-state index contributed by atoms with van der Waals surface area (Å²) in [5.41, 5.74) is 5.79. The molecule has 6 nitrogen and oxygen atoms in total. The molecular formula is C21H31N3O3S. The average molecular weight is 406 g/mol. The molecule has 1 heterocycles. The van der Waals surface area contributed by atoms with Crippen molar-refractivity contribution in [2.24, 2.45) is 11.7 Å². The molecule has 1 aliphatic rings. The van der Waals surface area contributed by atoms with Gasteiger partial charge < -0.3 is 16.0 Å². The molecule has 0 aliphatic carbocycles. The van der Waals surface area contributed by atoms with Crippen molar-refractivity contribution < 1.29 is 14.4 Å². The van der Waals surface area contributed by atoms with Gasteiger partial charge in [-0.1, -0.05) is 38.3 Å². The monoisotopic (exact) mass is 405 g/mol. The lowest BCUT2D eigenvalue weighted by atomic mass is 9.96. The van der Waals surface area contributed by atoms with Crippen molar-refractivity contribution in [3.63, 3.8) is 0 Å². The number of likely N-dealkylation sites (tertiary alicyclic amines) is 1. The Balaban J connectivity index is 1.93. The number of amides is 3. The Morgan fingerprint density at radius 3 is 2.75 bits per heavy atom. The Morgan fingerprint density at radius 2 is 2.00 bits per heavy atom.